The minimum atomic E-state index is -2.26. The van der Waals surface area contributed by atoms with Crippen LogP contribution in [-0.2, 0) is 24.1 Å². The highest BCUT2D eigenvalue weighted by molar-refractivity contribution is 7.44. The van der Waals surface area contributed by atoms with Crippen molar-refractivity contribution in [1.82, 2.24) is 24.2 Å². The number of fused-ring (bicyclic) bond motifs is 1. The normalized spacial score (nSPS) is 16.5. The first-order valence-corrected chi connectivity index (χ1v) is 29.0. The lowest BCUT2D eigenvalue weighted by atomic mass is 9.80. The van der Waals surface area contributed by atoms with Gasteiger partial charge in [-0.15, -0.1) is 0 Å². The van der Waals surface area contributed by atoms with Crippen LogP contribution in [0.3, 0.4) is 0 Å². The highest BCUT2D eigenvalue weighted by atomic mass is 31.2. The van der Waals surface area contributed by atoms with Crippen molar-refractivity contribution in [2.24, 2.45) is 0 Å². The van der Waals surface area contributed by atoms with Gasteiger partial charge in [0.15, 0.2) is 17.0 Å². The van der Waals surface area contributed by atoms with E-state index in [0.717, 1.165) is 34.2 Å². The van der Waals surface area contributed by atoms with Gasteiger partial charge in [-0.2, -0.15) is 0 Å². The van der Waals surface area contributed by atoms with Crippen LogP contribution in [0.5, 0.6) is 11.5 Å². The van der Waals surface area contributed by atoms with Gasteiger partial charge in [-0.05, 0) is 86.8 Å². The van der Waals surface area contributed by atoms with Crippen LogP contribution >= 0.6 is 8.53 Å². The smallest absolute Gasteiger partial charge is 0.259 e. The molecule has 0 saturated carbocycles. The summed E-state index contributed by atoms with van der Waals surface area (Å²) in [6.07, 6.45) is 1.77. The van der Waals surface area contributed by atoms with Crippen LogP contribution in [-0.4, -0.2) is 89.9 Å². The average Bonchev–Trinajstić information content (AvgIpc) is 4.07. The number of carbonyl (C=O) groups is 1. The fourth-order valence-corrected chi connectivity index (χ4v) is 15.2. The van der Waals surface area contributed by atoms with E-state index in [4.69, 9.17) is 38.0 Å². The number of imidazole rings is 1. The zero-order chi connectivity index (χ0) is 51.7. The topological polar surface area (TPSA) is 131 Å². The third kappa shape index (κ3) is 11.2. The van der Waals surface area contributed by atoms with E-state index in [-0.39, 0.29) is 24.6 Å². The standard InChI is InChI=1S/C59H65N6O7PSi/c1-42(2)65(43(3)4)73(70-36-37-74(7,50-24-16-10-17-25-50)51-26-18-11-19-27-51)72-52-38-54(64-41-62-55-56(60-40-61-57(55)64)63-58(66)44-20-12-8-13-21-44)71-53(52)39-69-59(45-22-14-9-15-23-45,46-28-32-48(67-5)33-29-46)47-30-34-49(68-6)35-31-47/h8-35,40-43,52-54H,36-39H2,1-7H3,(H,60,61,63,66)/t52-,53+,54+,73?/m0/s1. The molecular formula is C59H65N6O7PSi. The van der Waals surface area contributed by atoms with Gasteiger partial charge in [-0.25, -0.2) is 19.6 Å². The van der Waals surface area contributed by atoms with Crippen molar-refractivity contribution in [3.8, 4) is 11.5 Å². The summed E-state index contributed by atoms with van der Waals surface area (Å²) in [4.78, 5) is 27.3. The molecule has 1 saturated heterocycles. The molecule has 3 heterocycles. The Kier molecular flexibility index (Phi) is 16.8. The maximum atomic E-state index is 13.4. The minimum Gasteiger partial charge on any atom is -0.497 e. The fourth-order valence-electron chi connectivity index (χ4n) is 9.97. The zero-order valence-electron chi connectivity index (χ0n) is 43.1. The Bertz CT molecular complexity index is 2950. The van der Waals surface area contributed by atoms with Gasteiger partial charge in [0.2, 0.25) is 0 Å². The molecule has 8 aromatic rings. The summed E-state index contributed by atoms with van der Waals surface area (Å²) in [5.41, 5.74) is 3.01. The van der Waals surface area contributed by atoms with Gasteiger partial charge in [0.1, 0.15) is 43.8 Å². The van der Waals surface area contributed by atoms with Crippen molar-refractivity contribution in [1.29, 1.82) is 0 Å². The summed E-state index contributed by atoms with van der Waals surface area (Å²) < 4.78 is 44.9. The SMILES string of the molecule is COc1ccc(C(OC[C@H]2O[C@@H](n3cnc4c(NC(=O)c5ccccc5)ncnc43)C[C@@H]2OP(OCC[Si](C)(c2ccccc2)c2ccccc2)N(C(C)C)C(C)C)(c2ccccc2)c2ccc(OC)cc2)cc1. The first-order valence-electron chi connectivity index (χ1n) is 25.2. The van der Waals surface area contributed by atoms with Crippen molar-refractivity contribution < 1.29 is 32.8 Å². The number of rotatable bonds is 22. The molecule has 1 unspecified atom stereocenters. The summed E-state index contributed by atoms with van der Waals surface area (Å²) in [7, 11) is -0.606. The maximum Gasteiger partial charge on any atom is 0.259 e. The number of hydrogen-bond donors (Lipinski definition) is 1. The van der Waals surface area contributed by atoms with Crippen LogP contribution in [0.15, 0.2) is 183 Å². The number of hydrogen-bond acceptors (Lipinski definition) is 11. The highest BCUT2D eigenvalue weighted by Crippen LogP contribution is 2.51. The van der Waals surface area contributed by atoms with Gasteiger partial charge >= 0.3 is 0 Å². The van der Waals surface area contributed by atoms with Crippen LogP contribution < -0.4 is 25.2 Å². The van der Waals surface area contributed by atoms with Gasteiger partial charge in [0, 0.05) is 24.1 Å². The van der Waals surface area contributed by atoms with E-state index >= 15 is 0 Å². The Hall–Kier alpha value is -6.61. The lowest BCUT2D eigenvalue weighted by molar-refractivity contribution is -0.0911. The number of methoxy groups -OCH3 is 2. The largest absolute Gasteiger partial charge is 0.497 e. The molecule has 15 heteroatoms. The van der Waals surface area contributed by atoms with E-state index in [1.807, 2.05) is 89.5 Å². The summed E-state index contributed by atoms with van der Waals surface area (Å²) in [6, 6.07) is 58.0. The molecule has 9 rings (SSSR count). The Labute approximate surface area is 436 Å². The maximum absolute atomic E-state index is 13.4. The molecule has 2 aromatic heterocycles. The van der Waals surface area contributed by atoms with Crippen molar-refractivity contribution in [2.75, 3.05) is 32.8 Å². The third-order valence-electron chi connectivity index (χ3n) is 13.9. The van der Waals surface area contributed by atoms with Crippen molar-refractivity contribution in [3.05, 3.63) is 205 Å². The molecule has 1 aliphatic heterocycles. The molecule has 0 radical (unpaired) electrons. The molecule has 74 heavy (non-hydrogen) atoms. The quantitative estimate of drug-likeness (QED) is 0.0395. The molecule has 1 aliphatic rings. The number of aromatic nitrogens is 4. The van der Waals surface area contributed by atoms with Crippen molar-refractivity contribution in [2.45, 2.75) is 82.8 Å². The molecule has 4 atom stereocenters. The lowest BCUT2D eigenvalue weighted by Gasteiger charge is -2.39. The van der Waals surface area contributed by atoms with Crippen LogP contribution in [0.1, 0.15) is 67.4 Å². The molecule has 6 aromatic carbocycles. The molecule has 0 spiro atoms. The van der Waals surface area contributed by atoms with E-state index in [9.17, 15) is 4.79 Å². The Morgan fingerprint density at radius 3 is 1.80 bits per heavy atom. The first-order chi connectivity index (χ1) is 36.0. The van der Waals surface area contributed by atoms with Crippen LogP contribution in [0.25, 0.3) is 11.2 Å². The molecule has 1 fully saturated rings. The third-order valence-corrected chi connectivity index (χ3v) is 20.4. The van der Waals surface area contributed by atoms with Gasteiger partial charge in [0.25, 0.3) is 14.4 Å². The zero-order valence-corrected chi connectivity index (χ0v) is 45.0. The summed E-state index contributed by atoms with van der Waals surface area (Å²) in [6.45, 7) is 11.8. The number of amides is 1. The van der Waals surface area contributed by atoms with Crippen molar-refractivity contribution in [3.63, 3.8) is 0 Å². The highest BCUT2D eigenvalue weighted by Gasteiger charge is 2.46. The van der Waals surface area contributed by atoms with E-state index in [1.54, 1.807) is 32.7 Å². The molecule has 0 bridgehead atoms. The Morgan fingerprint density at radius 2 is 1.26 bits per heavy atom. The monoisotopic (exact) mass is 1030 g/mol. The molecule has 13 nitrogen and oxygen atoms in total. The Balaban J connectivity index is 1.09. The molecule has 0 aliphatic carbocycles. The van der Waals surface area contributed by atoms with E-state index < -0.39 is 40.6 Å². The van der Waals surface area contributed by atoms with Crippen molar-refractivity contribution >= 4 is 49.9 Å². The van der Waals surface area contributed by atoms with Gasteiger partial charge in [-0.3, -0.25) is 9.36 Å². The van der Waals surface area contributed by atoms with Gasteiger partial charge in [0.05, 0.1) is 39.9 Å². The van der Waals surface area contributed by atoms with Crippen LogP contribution in [0, 0.1) is 0 Å². The first kappa shape index (κ1) is 52.3. The number of nitrogens with one attached hydrogen (secondary N) is 1. The number of ether oxygens (including phenoxy) is 4. The number of nitrogens with zero attached hydrogens (tertiary/aromatic N) is 5. The second-order valence-corrected chi connectivity index (χ2v) is 24.9. The van der Waals surface area contributed by atoms with Crippen LogP contribution in [0.2, 0.25) is 12.6 Å². The summed E-state index contributed by atoms with van der Waals surface area (Å²) >= 11 is 0. The average molecular weight is 1030 g/mol. The molecule has 382 valence electrons. The fraction of sp³-hybridized carbons (Fsp3) is 0.288. The lowest BCUT2D eigenvalue weighted by Crippen LogP contribution is -2.56. The van der Waals surface area contributed by atoms with E-state index in [0.29, 0.717) is 35.6 Å². The van der Waals surface area contributed by atoms with E-state index in [2.05, 4.69) is 122 Å². The number of anilines is 1. The second-order valence-electron chi connectivity index (χ2n) is 19.1. The second kappa shape index (κ2) is 23.7. The molecule has 1 amide bonds. The van der Waals surface area contributed by atoms with E-state index in [1.165, 1.54) is 16.7 Å². The number of carbonyl (C=O) groups excluding carboxylic acids is 1. The predicted octanol–water partition coefficient (Wildman–Crippen LogP) is 11.0. The van der Waals surface area contributed by atoms with Gasteiger partial charge < -0.3 is 33.3 Å². The molecule has 1 N–H and O–H groups in total. The van der Waals surface area contributed by atoms with Crippen LogP contribution in [0.4, 0.5) is 5.82 Å². The predicted molar refractivity (Wildman–Crippen MR) is 295 cm³/mol. The minimum absolute atomic E-state index is 0.0930. The van der Waals surface area contributed by atoms with Gasteiger partial charge in [-0.1, -0.05) is 150 Å². The number of benzene rings is 6. The molecular weight excluding hydrogens is 964 g/mol. The summed E-state index contributed by atoms with van der Waals surface area (Å²) in [5.74, 6) is 1.44. The Morgan fingerprint density at radius 1 is 0.730 bits per heavy atom. The summed E-state index contributed by atoms with van der Waals surface area (Å²) in [5, 5.41) is 5.65.